The normalized spacial score (nSPS) is 18.0. The Morgan fingerprint density at radius 2 is 2.03 bits per heavy atom. The summed E-state index contributed by atoms with van der Waals surface area (Å²) < 4.78 is 11.3. The van der Waals surface area contributed by atoms with Crippen molar-refractivity contribution in [3.05, 3.63) is 35.4 Å². The zero-order valence-corrected chi connectivity index (χ0v) is 18.6. The van der Waals surface area contributed by atoms with E-state index >= 15 is 0 Å². The van der Waals surface area contributed by atoms with Gasteiger partial charge in [0, 0.05) is 45.9 Å². The van der Waals surface area contributed by atoms with E-state index in [4.69, 9.17) is 14.5 Å². The van der Waals surface area contributed by atoms with Crippen molar-refractivity contribution in [2.75, 3.05) is 46.0 Å². The van der Waals surface area contributed by atoms with E-state index in [1.807, 2.05) is 0 Å². The monoisotopic (exact) mass is 404 g/mol. The number of benzene rings is 1. The van der Waals surface area contributed by atoms with Crippen molar-refractivity contribution in [2.24, 2.45) is 4.99 Å². The molecule has 6 heteroatoms. The van der Waals surface area contributed by atoms with Crippen molar-refractivity contribution in [3.8, 4) is 0 Å². The van der Waals surface area contributed by atoms with Crippen LogP contribution in [-0.2, 0) is 22.6 Å². The van der Waals surface area contributed by atoms with Gasteiger partial charge in [-0.05, 0) is 37.8 Å². The molecule has 0 radical (unpaired) electrons. The SMILES string of the molecule is CCCCOCCCNC(=NCc1cccc(CN2CCOC(C)C2)c1)NCC. The summed E-state index contributed by atoms with van der Waals surface area (Å²) in [6, 6.07) is 8.77. The molecule has 2 rings (SSSR count). The molecule has 0 spiro atoms. The van der Waals surface area contributed by atoms with Crippen LogP contribution in [0.25, 0.3) is 0 Å². The molecule has 1 unspecified atom stereocenters. The number of unbranched alkanes of at least 4 members (excludes halogenated alkanes) is 1. The number of rotatable bonds is 12. The van der Waals surface area contributed by atoms with Crippen LogP contribution in [0, 0.1) is 0 Å². The summed E-state index contributed by atoms with van der Waals surface area (Å²) >= 11 is 0. The Kier molecular flexibility index (Phi) is 11.7. The molecule has 2 N–H and O–H groups in total. The fourth-order valence-electron chi connectivity index (χ4n) is 3.36. The molecule has 1 fully saturated rings. The van der Waals surface area contributed by atoms with Gasteiger partial charge < -0.3 is 20.1 Å². The average Bonchev–Trinajstić information content (AvgIpc) is 2.71. The highest BCUT2D eigenvalue weighted by Gasteiger charge is 2.16. The molecule has 1 aliphatic rings. The second kappa shape index (κ2) is 14.4. The summed E-state index contributed by atoms with van der Waals surface area (Å²) in [5.41, 5.74) is 2.58. The van der Waals surface area contributed by atoms with E-state index < -0.39 is 0 Å². The van der Waals surface area contributed by atoms with Crippen LogP contribution < -0.4 is 10.6 Å². The zero-order chi connectivity index (χ0) is 20.7. The Hall–Kier alpha value is -1.63. The molecule has 0 amide bonds. The van der Waals surface area contributed by atoms with Crippen molar-refractivity contribution in [2.45, 2.75) is 59.2 Å². The van der Waals surface area contributed by atoms with Gasteiger partial charge in [-0.2, -0.15) is 0 Å². The largest absolute Gasteiger partial charge is 0.381 e. The maximum absolute atomic E-state index is 5.64. The summed E-state index contributed by atoms with van der Waals surface area (Å²) in [5, 5.41) is 6.73. The quantitative estimate of drug-likeness (QED) is 0.318. The fraction of sp³-hybridized carbons (Fsp3) is 0.696. The molecule has 0 aromatic heterocycles. The Labute approximate surface area is 177 Å². The molecule has 1 aromatic carbocycles. The highest BCUT2D eigenvalue weighted by atomic mass is 16.5. The minimum atomic E-state index is 0.322. The van der Waals surface area contributed by atoms with Gasteiger partial charge in [-0.25, -0.2) is 4.99 Å². The molecule has 6 nitrogen and oxygen atoms in total. The van der Waals surface area contributed by atoms with Gasteiger partial charge in [0.15, 0.2) is 5.96 Å². The van der Waals surface area contributed by atoms with E-state index in [0.29, 0.717) is 12.6 Å². The molecular weight excluding hydrogens is 364 g/mol. The number of ether oxygens (including phenoxy) is 2. The smallest absolute Gasteiger partial charge is 0.191 e. The lowest BCUT2D eigenvalue weighted by Crippen LogP contribution is -2.40. The fourth-order valence-corrected chi connectivity index (χ4v) is 3.36. The van der Waals surface area contributed by atoms with Crippen LogP contribution >= 0.6 is 0 Å². The Bertz CT molecular complexity index is 594. The van der Waals surface area contributed by atoms with Gasteiger partial charge in [0.2, 0.25) is 0 Å². The minimum absolute atomic E-state index is 0.322. The highest BCUT2D eigenvalue weighted by Crippen LogP contribution is 2.12. The first-order valence-corrected chi connectivity index (χ1v) is 11.2. The number of hydrogen-bond acceptors (Lipinski definition) is 4. The van der Waals surface area contributed by atoms with E-state index in [-0.39, 0.29) is 0 Å². The van der Waals surface area contributed by atoms with Crippen LogP contribution in [-0.4, -0.2) is 63.0 Å². The first-order chi connectivity index (χ1) is 14.2. The van der Waals surface area contributed by atoms with Crippen molar-refractivity contribution >= 4 is 5.96 Å². The lowest BCUT2D eigenvalue weighted by molar-refractivity contribution is -0.0212. The summed E-state index contributed by atoms with van der Waals surface area (Å²) in [6.07, 6.45) is 3.63. The molecule has 1 aliphatic heterocycles. The predicted molar refractivity (Wildman–Crippen MR) is 120 cm³/mol. The summed E-state index contributed by atoms with van der Waals surface area (Å²) in [6.45, 7) is 14.3. The molecule has 0 aliphatic carbocycles. The van der Waals surface area contributed by atoms with Crippen LogP contribution in [0.1, 0.15) is 51.2 Å². The molecule has 0 saturated carbocycles. The minimum Gasteiger partial charge on any atom is -0.381 e. The predicted octanol–water partition coefficient (Wildman–Crippen LogP) is 3.17. The number of guanidine groups is 1. The molecule has 1 heterocycles. The molecule has 29 heavy (non-hydrogen) atoms. The lowest BCUT2D eigenvalue weighted by Gasteiger charge is -2.31. The molecule has 1 saturated heterocycles. The highest BCUT2D eigenvalue weighted by molar-refractivity contribution is 5.79. The topological polar surface area (TPSA) is 58.1 Å². The Morgan fingerprint density at radius 1 is 1.21 bits per heavy atom. The van der Waals surface area contributed by atoms with Gasteiger partial charge in [0.25, 0.3) is 0 Å². The molecule has 1 atom stereocenters. The van der Waals surface area contributed by atoms with Gasteiger partial charge in [-0.3, -0.25) is 4.90 Å². The van der Waals surface area contributed by atoms with Crippen LogP contribution in [0.3, 0.4) is 0 Å². The van der Waals surface area contributed by atoms with Gasteiger partial charge in [0.1, 0.15) is 0 Å². The van der Waals surface area contributed by atoms with Crippen molar-refractivity contribution in [1.82, 2.24) is 15.5 Å². The third kappa shape index (κ3) is 10.1. The second-order valence-corrected chi connectivity index (χ2v) is 7.68. The van der Waals surface area contributed by atoms with Crippen molar-refractivity contribution in [1.29, 1.82) is 0 Å². The van der Waals surface area contributed by atoms with Crippen molar-refractivity contribution in [3.63, 3.8) is 0 Å². The first-order valence-electron chi connectivity index (χ1n) is 11.2. The Balaban J connectivity index is 1.78. The standard InChI is InChI=1S/C23H40N4O2/c1-4-6-13-28-14-8-11-25-23(24-5-2)26-17-21-9-7-10-22(16-21)19-27-12-15-29-20(3)18-27/h7,9-10,16,20H,4-6,8,11-15,17-19H2,1-3H3,(H2,24,25,26). The van der Waals surface area contributed by atoms with Crippen LogP contribution in [0.4, 0.5) is 0 Å². The van der Waals surface area contributed by atoms with E-state index in [1.54, 1.807) is 0 Å². The van der Waals surface area contributed by atoms with E-state index in [1.165, 1.54) is 17.5 Å². The van der Waals surface area contributed by atoms with Crippen LogP contribution in [0.5, 0.6) is 0 Å². The van der Waals surface area contributed by atoms with E-state index in [9.17, 15) is 0 Å². The molecule has 164 valence electrons. The Morgan fingerprint density at radius 3 is 2.83 bits per heavy atom. The van der Waals surface area contributed by atoms with Gasteiger partial charge in [-0.15, -0.1) is 0 Å². The van der Waals surface area contributed by atoms with Gasteiger partial charge in [0.05, 0.1) is 19.3 Å². The number of aliphatic imine (C=N–C) groups is 1. The number of nitrogens with one attached hydrogen (secondary N) is 2. The summed E-state index contributed by atoms with van der Waals surface area (Å²) in [7, 11) is 0. The van der Waals surface area contributed by atoms with Crippen LogP contribution in [0.15, 0.2) is 29.3 Å². The third-order valence-electron chi connectivity index (χ3n) is 4.89. The summed E-state index contributed by atoms with van der Waals surface area (Å²) in [5.74, 6) is 0.869. The van der Waals surface area contributed by atoms with Crippen LogP contribution in [0.2, 0.25) is 0 Å². The third-order valence-corrected chi connectivity index (χ3v) is 4.89. The average molecular weight is 405 g/mol. The molecular formula is C23H40N4O2. The van der Waals surface area contributed by atoms with Gasteiger partial charge >= 0.3 is 0 Å². The van der Waals surface area contributed by atoms with Gasteiger partial charge in [-0.1, -0.05) is 37.6 Å². The number of nitrogens with zero attached hydrogens (tertiary/aromatic N) is 2. The first kappa shape index (κ1) is 23.6. The molecule has 1 aromatic rings. The number of morpholine rings is 1. The maximum Gasteiger partial charge on any atom is 0.191 e. The lowest BCUT2D eigenvalue weighted by atomic mass is 10.1. The maximum atomic E-state index is 5.64. The number of hydrogen-bond donors (Lipinski definition) is 2. The van der Waals surface area contributed by atoms with E-state index in [0.717, 1.165) is 71.3 Å². The van der Waals surface area contributed by atoms with Crippen molar-refractivity contribution < 1.29 is 9.47 Å². The second-order valence-electron chi connectivity index (χ2n) is 7.68. The zero-order valence-electron chi connectivity index (χ0n) is 18.6. The summed E-state index contributed by atoms with van der Waals surface area (Å²) in [4.78, 5) is 7.21. The van der Waals surface area contributed by atoms with E-state index in [2.05, 4.69) is 60.6 Å². The molecule has 0 bridgehead atoms.